The van der Waals surface area contributed by atoms with E-state index in [1.165, 1.54) is 6.08 Å². The second-order valence-corrected chi connectivity index (χ2v) is 3.36. The first-order valence-electron chi connectivity index (χ1n) is 5.02. The van der Waals surface area contributed by atoms with E-state index < -0.39 is 0 Å². The Hall–Kier alpha value is -2.22. The summed E-state index contributed by atoms with van der Waals surface area (Å²) in [4.78, 5) is 14.2. The van der Waals surface area contributed by atoms with Gasteiger partial charge in [0.1, 0.15) is 6.29 Å². The van der Waals surface area contributed by atoms with Gasteiger partial charge in [-0.1, -0.05) is 36.4 Å². The minimum Gasteiger partial charge on any atom is -0.299 e. The van der Waals surface area contributed by atoms with E-state index in [0.29, 0.717) is 0 Å². The zero-order chi connectivity index (χ0) is 11.2. The first kappa shape index (κ1) is 10.3. The fraction of sp³-hybridized carbons (Fsp3) is 0. The van der Waals surface area contributed by atoms with Gasteiger partial charge in [-0.15, -0.1) is 0 Å². The number of hydrogen-bond donors (Lipinski definition) is 0. The Morgan fingerprint density at radius 1 is 1.00 bits per heavy atom. The minimum absolute atomic E-state index is 0.773. The van der Waals surface area contributed by atoms with Crippen LogP contribution < -0.4 is 0 Å². The van der Waals surface area contributed by atoms with Crippen molar-refractivity contribution in [1.29, 1.82) is 0 Å². The van der Waals surface area contributed by atoms with Gasteiger partial charge in [-0.25, -0.2) is 0 Å². The molecule has 0 saturated carbocycles. The van der Waals surface area contributed by atoms with E-state index in [2.05, 4.69) is 4.98 Å². The topological polar surface area (TPSA) is 30.0 Å². The van der Waals surface area contributed by atoms with Crippen molar-refractivity contribution in [2.24, 2.45) is 0 Å². The molecule has 2 rings (SSSR count). The average Bonchev–Trinajstić information content (AvgIpc) is 2.38. The molecule has 2 nitrogen and oxygen atoms in total. The highest BCUT2D eigenvalue weighted by Crippen LogP contribution is 2.18. The van der Waals surface area contributed by atoms with Crippen LogP contribution >= 0.6 is 0 Å². The van der Waals surface area contributed by atoms with Crippen molar-refractivity contribution in [2.75, 3.05) is 0 Å². The van der Waals surface area contributed by atoms with E-state index in [9.17, 15) is 4.79 Å². The lowest BCUT2D eigenvalue weighted by molar-refractivity contribution is -0.104. The fourth-order valence-electron chi connectivity index (χ4n) is 1.47. The third kappa shape index (κ3) is 2.42. The lowest BCUT2D eigenvalue weighted by atomic mass is 10.1. The number of benzene rings is 1. The second-order valence-electron chi connectivity index (χ2n) is 3.36. The van der Waals surface area contributed by atoms with Crippen molar-refractivity contribution in [3.63, 3.8) is 0 Å². The van der Waals surface area contributed by atoms with Gasteiger partial charge < -0.3 is 0 Å². The zero-order valence-electron chi connectivity index (χ0n) is 8.71. The van der Waals surface area contributed by atoms with Crippen LogP contribution in [-0.2, 0) is 4.79 Å². The normalized spacial score (nSPS) is 10.5. The molecule has 78 valence electrons. The fourth-order valence-corrected chi connectivity index (χ4v) is 1.47. The number of nitrogens with zero attached hydrogens (tertiary/aromatic N) is 1. The van der Waals surface area contributed by atoms with Crippen LogP contribution in [0.1, 0.15) is 5.56 Å². The molecule has 0 bridgehead atoms. The molecule has 0 aliphatic rings. The minimum atomic E-state index is 0.773. The van der Waals surface area contributed by atoms with Crippen molar-refractivity contribution in [1.82, 2.24) is 4.98 Å². The number of hydrogen-bond acceptors (Lipinski definition) is 2. The molecule has 0 fully saturated rings. The molecule has 0 amide bonds. The molecule has 1 aromatic carbocycles. The lowest BCUT2D eigenvalue weighted by Crippen LogP contribution is -1.79. The number of rotatable bonds is 3. The maximum Gasteiger partial charge on any atom is 0.142 e. The molecule has 2 aromatic rings. The molecule has 0 unspecified atom stereocenters. The van der Waals surface area contributed by atoms with Gasteiger partial charge >= 0.3 is 0 Å². The number of pyridine rings is 1. The molecule has 0 aliphatic carbocycles. The molecule has 1 heterocycles. The van der Waals surface area contributed by atoms with Gasteiger partial charge in [0.2, 0.25) is 0 Å². The van der Waals surface area contributed by atoms with Gasteiger partial charge in [-0.2, -0.15) is 0 Å². The van der Waals surface area contributed by atoms with Crippen LogP contribution in [0.15, 0.2) is 54.9 Å². The Labute approximate surface area is 94.3 Å². The Morgan fingerprint density at radius 3 is 2.44 bits per heavy atom. The van der Waals surface area contributed by atoms with Gasteiger partial charge in [0.15, 0.2) is 0 Å². The molecule has 0 aliphatic heterocycles. The molecule has 0 atom stereocenters. The average molecular weight is 209 g/mol. The molecule has 0 saturated heterocycles. The van der Waals surface area contributed by atoms with Crippen LogP contribution in [0, 0.1) is 0 Å². The van der Waals surface area contributed by atoms with Crippen LogP contribution in [0.3, 0.4) is 0 Å². The maximum atomic E-state index is 10.2. The van der Waals surface area contributed by atoms with Gasteiger partial charge in [-0.05, 0) is 28.8 Å². The third-order valence-electron chi connectivity index (χ3n) is 2.27. The van der Waals surface area contributed by atoms with Crippen molar-refractivity contribution in [3.05, 3.63) is 60.4 Å². The summed E-state index contributed by atoms with van der Waals surface area (Å²) in [6.45, 7) is 0. The molecule has 0 spiro atoms. The summed E-state index contributed by atoms with van der Waals surface area (Å²) < 4.78 is 0. The Balaban J connectivity index is 2.26. The molecule has 16 heavy (non-hydrogen) atoms. The first-order valence-corrected chi connectivity index (χ1v) is 5.02. The van der Waals surface area contributed by atoms with E-state index in [-0.39, 0.29) is 0 Å². The van der Waals surface area contributed by atoms with Crippen LogP contribution in [0.25, 0.3) is 17.2 Å². The smallest absolute Gasteiger partial charge is 0.142 e. The summed E-state index contributed by atoms with van der Waals surface area (Å²) in [5.41, 5.74) is 3.23. The predicted octanol–water partition coefficient (Wildman–Crippen LogP) is 2.96. The number of allylic oxidation sites excluding steroid dienone is 1. The third-order valence-corrected chi connectivity index (χ3v) is 2.27. The highest BCUT2D eigenvalue weighted by Gasteiger charge is 1.95. The largest absolute Gasteiger partial charge is 0.299 e. The van der Waals surface area contributed by atoms with E-state index in [4.69, 9.17) is 0 Å². The molecule has 2 heteroatoms. The quantitative estimate of drug-likeness (QED) is 0.574. The van der Waals surface area contributed by atoms with E-state index in [0.717, 1.165) is 23.0 Å². The maximum absolute atomic E-state index is 10.2. The van der Waals surface area contributed by atoms with Gasteiger partial charge in [0.25, 0.3) is 0 Å². The zero-order valence-corrected chi connectivity index (χ0v) is 8.71. The summed E-state index contributed by atoms with van der Waals surface area (Å²) >= 11 is 0. The summed E-state index contributed by atoms with van der Waals surface area (Å²) in [5.74, 6) is 0. The number of aldehydes is 1. The monoisotopic (exact) mass is 209 g/mol. The van der Waals surface area contributed by atoms with Crippen molar-refractivity contribution in [2.45, 2.75) is 0 Å². The van der Waals surface area contributed by atoms with Gasteiger partial charge in [0.05, 0.1) is 0 Å². The van der Waals surface area contributed by atoms with Crippen LogP contribution in [0.4, 0.5) is 0 Å². The summed E-state index contributed by atoms with van der Waals surface area (Å²) in [6, 6.07) is 11.9. The summed E-state index contributed by atoms with van der Waals surface area (Å²) in [6.07, 6.45) is 7.62. The summed E-state index contributed by atoms with van der Waals surface area (Å²) in [5, 5.41) is 0. The van der Waals surface area contributed by atoms with Crippen molar-refractivity contribution in [3.8, 4) is 11.1 Å². The van der Waals surface area contributed by atoms with Crippen LogP contribution in [0.2, 0.25) is 0 Å². The predicted molar refractivity (Wildman–Crippen MR) is 64.8 cm³/mol. The molecular weight excluding hydrogens is 198 g/mol. The lowest BCUT2D eigenvalue weighted by Gasteiger charge is -2.00. The Kier molecular flexibility index (Phi) is 3.24. The number of carbonyl (C=O) groups excluding carboxylic acids is 1. The SMILES string of the molecule is O=C/C=C/c1ccc(-c2cccnc2)cc1. The van der Waals surface area contributed by atoms with Crippen LogP contribution in [0.5, 0.6) is 0 Å². The Morgan fingerprint density at radius 2 is 1.81 bits per heavy atom. The molecule has 1 aromatic heterocycles. The molecule has 0 N–H and O–H groups in total. The highest BCUT2D eigenvalue weighted by molar-refractivity contribution is 5.74. The molecular formula is C14H11NO. The van der Waals surface area contributed by atoms with Crippen LogP contribution in [-0.4, -0.2) is 11.3 Å². The first-order chi connectivity index (χ1) is 7.90. The standard InChI is InChI=1S/C14H11NO/c16-10-2-3-12-5-7-13(8-6-12)14-4-1-9-15-11-14/h1-11H/b3-2+. The number of aromatic nitrogens is 1. The summed E-state index contributed by atoms with van der Waals surface area (Å²) in [7, 11) is 0. The van der Waals surface area contributed by atoms with Gasteiger partial charge in [0, 0.05) is 12.4 Å². The second kappa shape index (κ2) is 5.03. The van der Waals surface area contributed by atoms with E-state index in [1.54, 1.807) is 12.3 Å². The Bertz CT molecular complexity index is 486. The van der Waals surface area contributed by atoms with Crippen molar-refractivity contribution >= 4 is 12.4 Å². The number of carbonyl (C=O) groups is 1. The van der Waals surface area contributed by atoms with Crippen molar-refractivity contribution < 1.29 is 4.79 Å². The van der Waals surface area contributed by atoms with E-state index >= 15 is 0 Å². The van der Waals surface area contributed by atoms with E-state index in [1.807, 2.05) is 42.6 Å². The molecule has 0 radical (unpaired) electrons. The highest BCUT2D eigenvalue weighted by atomic mass is 16.1. The van der Waals surface area contributed by atoms with Gasteiger partial charge in [-0.3, -0.25) is 9.78 Å².